The van der Waals surface area contributed by atoms with Crippen molar-refractivity contribution in [1.82, 2.24) is 14.5 Å². The standard InChI is InChI=1S/C22H25N3O2/c26-22(17-25-14-11-23-18-25)9-12-24(13-10-22)16-19-5-4-8-21(15-19)27-20-6-2-1-3-7-20/h1-8,11,14-15,18,26H,9-10,12-13,16-17H2. The van der Waals surface area contributed by atoms with Gasteiger partial charge in [-0.2, -0.15) is 0 Å². The predicted octanol–water partition coefficient (Wildman–Crippen LogP) is 3.70. The van der Waals surface area contributed by atoms with Crippen molar-refractivity contribution in [3.05, 3.63) is 78.9 Å². The highest BCUT2D eigenvalue weighted by Crippen LogP contribution is 2.27. The molecule has 2 heterocycles. The van der Waals surface area contributed by atoms with Crippen LogP contribution >= 0.6 is 0 Å². The van der Waals surface area contributed by atoms with Gasteiger partial charge in [0.15, 0.2) is 0 Å². The lowest BCUT2D eigenvalue weighted by Crippen LogP contribution is -2.46. The van der Waals surface area contributed by atoms with Crippen molar-refractivity contribution in [2.45, 2.75) is 31.5 Å². The Kier molecular flexibility index (Phi) is 5.23. The second-order valence-corrected chi connectivity index (χ2v) is 7.30. The van der Waals surface area contributed by atoms with Gasteiger partial charge in [0.05, 0.1) is 18.5 Å². The Morgan fingerprint density at radius 3 is 2.52 bits per heavy atom. The number of rotatable bonds is 6. The van der Waals surface area contributed by atoms with Gasteiger partial charge in [-0.3, -0.25) is 4.90 Å². The van der Waals surface area contributed by atoms with E-state index in [2.05, 4.69) is 22.0 Å². The zero-order chi connectivity index (χ0) is 18.5. The number of nitrogens with zero attached hydrogens (tertiary/aromatic N) is 3. The van der Waals surface area contributed by atoms with Crippen LogP contribution in [0.1, 0.15) is 18.4 Å². The number of hydrogen-bond donors (Lipinski definition) is 1. The lowest BCUT2D eigenvalue weighted by atomic mass is 9.91. The third kappa shape index (κ3) is 4.76. The van der Waals surface area contributed by atoms with Gasteiger partial charge in [-0.1, -0.05) is 30.3 Å². The van der Waals surface area contributed by atoms with E-state index >= 15 is 0 Å². The van der Waals surface area contributed by atoms with E-state index in [0.717, 1.165) is 44.0 Å². The van der Waals surface area contributed by atoms with Gasteiger partial charge in [0, 0.05) is 32.0 Å². The minimum absolute atomic E-state index is 0.612. The Labute approximate surface area is 159 Å². The van der Waals surface area contributed by atoms with Crippen molar-refractivity contribution in [2.75, 3.05) is 13.1 Å². The second-order valence-electron chi connectivity index (χ2n) is 7.30. The summed E-state index contributed by atoms with van der Waals surface area (Å²) in [4.78, 5) is 6.45. The first kappa shape index (κ1) is 17.8. The van der Waals surface area contributed by atoms with Crippen molar-refractivity contribution in [3.8, 4) is 11.5 Å². The van der Waals surface area contributed by atoms with Crippen molar-refractivity contribution in [1.29, 1.82) is 0 Å². The Balaban J connectivity index is 1.33. The maximum Gasteiger partial charge on any atom is 0.127 e. The Morgan fingerprint density at radius 2 is 1.78 bits per heavy atom. The Hall–Kier alpha value is -2.63. The number of likely N-dealkylation sites (tertiary alicyclic amines) is 1. The molecule has 140 valence electrons. The maximum atomic E-state index is 10.8. The number of ether oxygens (including phenoxy) is 1. The zero-order valence-electron chi connectivity index (χ0n) is 15.4. The summed E-state index contributed by atoms with van der Waals surface area (Å²) in [5.74, 6) is 1.70. The molecule has 2 aromatic carbocycles. The van der Waals surface area contributed by atoms with Crippen LogP contribution in [0.5, 0.6) is 11.5 Å². The lowest BCUT2D eigenvalue weighted by Gasteiger charge is -2.38. The summed E-state index contributed by atoms with van der Waals surface area (Å²) in [6.45, 7) is 3.25. The molecule has 1 aliphatic heterocycles. The molecule has 1 saturated heterocycles. The second kappa shape index (κ2) is 7.94. The van der Waals surface area contributed by atoms with Gasteiger partial charge in [-0.05, 0) is 42.7 Å². The van der Waals surface area contributed by atoms with E-state index in [1.807, 2.05) is 53.2 Å². The first-order chi connectivity index (χ1) is 13.2. The molecule has 0 bridgehead atoms. The van der Waals surface area contributed by atoms with Crippen LogP contribution in [0.15, 0.2) is 73.3 Å². The topological polar surface area (TPSA) is 50.5 Å². The zero-order valence-corrected chi connectivity index (χ0v) is 15.4. The van der Waals surface area contributed by atoms with Crippen molar-refractivity contribution < 1.29 is 9.84 Å². The van der Waals surface area contributed by atoms with Crippen LogP contribution in [0.25, 0.3) is 0 Å². The first-order valence-electron chi connectivity index (χ1n) is 9.41. The third-order valence-corrected chi connectivity index (χ3v) is 5.11. The summed E-state index contributed by atoms with van der Waals surface area (Å²) in [6.07, 6.45) is 6.96. The SMILES string of the molecule is OC1(Cn2ccnc2)CCN(Cc2cccc(Oc3ccccc3)c2)CC1. The number of aliphatic hydroxyl groups is 1. The molecule has 1 N–H and O–H groups in total. The highest BCUT2D eigenvalue weighted by Gasteiger charge is 2.32. The summed E-state index contributed by atoms with van der Waals surface area (Å²) < 4.78 is 7.89. The molecule has 0 saturated carbocycles. The molecule has 0 aliphatic carbocycles. The molecule has 1 aromatic heterocycles. The van der Waals surface area contributed by atoms with Crippen molar-refractivity contribution in [2.24, 2.45) is 0 Å². The lowest BCUT2D eigenvalue weighted by molar-refractivity contribution is -0.0357. The third-order valence-electron chi connectivity index (χ3n) is 5.11. The van der Waals surface area contributed by atoms with Gasteiger partial charge in [0.25, 0.3) is 0 Å². The molecule has 0 unspecified atom stereocenters. The normalized spacial score (nSPS) is 16.9. The van der Waals surface area contributed by atoms with Gasteiger partial charge in [-0.15, -0.1) is 0 Å². The average Bonchev–Trinajstić information content (AvgIpc) is 3.18. The molecule has 5 heteroatoms. The van der Waals surface area contributed by atoms with E-state index in [-0.39, 0.29) is 0 Å². The van der Waals surface area contributed by atoms with Crippen LogP contribution in [0.4, 0.5) is 0 Å². The molecular weight excluding hydrogens is 338 g/mol. The van der Waals surface area contributed by atoms with E-state index in [0.29, 0.717) is 6.54 Å². The van der Waals surface area contributed by atoms with Crippen LogP contribution in [0.3, 0.4) is 0 Å². The summed E-state index contributed by atoms with van der Waals surface area (Å²) in [7, 11) is 0. The number of benzene rings is 2. The summed E-state index contributed by atoms with van der Waals surface area (Å²) in [5, 5.41) is 10.8. The predicted molar refractivity (Wildman–Crippen MR) is 105 cm³/mol. The van der Waals surface area contributed by atoms with Crippen molar-refractivity contribution >= 4 is 0 Å². The molecule has 1 fully saturated rings. The van der Waals surface area contributed by atoms with Gasteiger partial charge in [-0.25, -0.2) is 4.98 Å². The number of imidazole rings is 1. The van der Waals surface area contributed by atoms with Crippen LogP contribution in [0.2, 0.25) is 0 Å². The minimum Gasteiger partial charge on any atom is -0.457 e. The highest BCUT2D eigenvalue weighted by atomic mass is 16.5. The fourth-order valence-corrected chi connectivity index (χ4v) is 3.60. The molecule has 27 heavy (non-hydrogen) atoms. The molecule has 0 spiro atoms. The van der Waals surface area contributed by atoms with E-state index in [1.165, 1.54) is 5.56 Å². The van der Waals surface area contributed by atoms with Gasteiger partial charge >= 0.3 is 0 Å². The monoisotopic (exact) mass is 363 g/mol. The number of aromatic nitrogens is 2. The average molecular weight is 363 g/mol. The Bertz CT molecular complexity index is 841. The summed E-state index contributed by atoms with van der Waals surface area (Å²) in [6, 6.07) is 18.1. The maximum absolute atomic E-state index is 10.8. The van der Waals surface area contributed by atoms with Crippen LogP contribution < -0.4 is 4.74 Å². The largest absolute Gasteiger partial charge is 0.457 e. The van der Waals surface area contributed by atoms with Gasteiger partial charge in [0.1, 0.15) is 11.5 Å². The smallest absolute Gasteiger partial charge is 0.127 e. The molecule has 5 nitrogen and oxygen atoms in total. The fourth-order valence-electron chi connectivity index (χ4n) is 3.60. The molecule has 0 radical (unpaired) electrons. The van der Waals surface area contributed by atoms with E-state index in [4.69, 9.17) is 4.74 Å². The highest BCUT2D eigenvalue weighted by molar-refractivity contribution is 5.33. The Morgan fingerprint density at radius 1 is 1.00 bits per heavy atom. The molecule has 0 amide bonds. The molecular formula is C22H25N3O2. The molecule has 4 rings (SSSR count). The number of piperidine rings is 1. The van der Waals surface area contributed by atoms with E-state index in [1.54, 1.807) is 12.5 Å². The first-order valence-corrected chi connectivity index (χ1v) is 9.41. The van der Waals surface area contributed by atoms with Crippen molar-refractivity contribution in [3.63, 3.8) is 0 Å². The molecule has 0 atom stereocenters. The van der Waals surface area contributed by atoms with E-state index < -0.39 is 5.60 Å². The van der Waals surface area contributed by atoms with Crippen LogP contribution in [-0.2, 0) is 13.1 Å². The van der Waals surface area contributed by atoms with Crippen LogP contribution in [0, 0.1) is 0 Å². The van der Waals surface area contributed by atoms with Gasteiger partial charge < -0.3 is 14.4 Å². The molecule has 3 aromatic rings. The minimum atomic E-state index is -0.643. The summed E-state index contributed by atoms with van der Waals surface area (Å²) in [5.41, 5.74) is 0.582. The molecule has 1 aliphatic rings. The fraction of sp³-hybridized carbons (Fsp3) is 0.318. The number of hydrogen-bond acceptors (Lipinski definition) is 4. The van der Waals surface area contributed by atoms with E-state index in [9.17, 15) is 5.11 Å². The number of para-hydroxylation sites is 1. The van der Waals surface area contributed by atoms with Gasteiger partial charge in [0.2, 0.25) is 0 Å². The summed E-state index contributed by atoms with van der Waals surface area (Å²) >= 11 is 0. The van der Waals surface area contributed by atoms with Crippen LogP contribution in [-0.4, -0.2) is 38.2 Å². The quantitative estimate of drug-likeness (QED) is 0.725.